The van der Waals surface area contributed by atoms with Crippen molar-refractivity contribution < 1.29 is 19.7 Å². The molecule has 146 valence electrons. The molecule has 1 amide bonds. The first-order chi connectivity index (χ1) is 13.5. The summed E-state index contributed by atoms with van der Waals surface area (Å²) in [6.45, 7) is 2.19. The average molecular weight is 382 g/mol. The van der Waals surface area contributed by atoms with Gasteiger partial charge in [0, 0.05) is 18.9 Å². The van der Waals surface area contributed by atoms with Crippen LogP contribution in [0, 0.1) is 6.92 Å². The number of imidazole rings is 1. The molecular weight excluding hydrogens is 360 g/mol. The number of nitrogens with one attached hydrogen (secondary N) is 1. The van der Waals surface area contributed by atoms with Crippen molar-refractivity contribution in [3.05, 3.63) is 71.4 Å². The summed E-state index contributed by atoms with van der Waals surface area (Å²) in [5.41, 5.74) is 2.74. The summed E-state index contributed by atoms with van der Waals surface area (Å²) in [5, 5.41) is 21.5. The number of hydrogen-bond acceptors (Lipinski definition) is 6. The molecule has 0 radical (unpaired) electrons. The van der Waals surface area contributed by atoms with E-state index in [4.69, 9.17) is 9.84 Å². The highest BCUT2D eigenvalue weighted by atomic mass is 16.5. The Morgan fingerprint density at radius 3 is 2.86 bits per heavy atom. The Labute approximate surface area is 162 Å². The maximum Gasteiger partial charge on any atom is 0.258 e. The lowest BCUT2D eigenvalue weighted by Crippen LogP contribution is -2.14. The summed E-state index contributed by atoms with van der Waals surface area (Å²) in [6, 6.07) is 9.63. The van der Waals surface area contributed by atoms with Gasteiger partial charge in [0.1, 0.15) is 17.5 Å². The van der Waals surface area contributed by atoms with E-state index in [-0.39, 0.29) is 17.0 Å². The molecular formula is C20H22N4O4. The second-order valence-corrected chi connectivity index (χ2v) is 6.38. The van der Waals surface area contributed by atoms with Crippen LogP contribution < -0.4 is 10.1 Å². The number of amides is 1. The van der Waals surface area contributed by atoms with Crippen LogP contribution in [0.1, 0.15) is 33.3 Å². The minimum atomic E-state index is -1.18. The zero-order valence-electron chi connectivity index (χ0n) is 15.7. The van der Waals surface area contributed by atoms with E-state index in [0.717, 1.165) is 5.56 Å². The van der Waals surface area contributed by atoms with E-state index in [9.17, 15) is 9.90 Å². The van der Waals surface area contributed by atoms with Gasteiger partial charge >= 0.3 is 0 Å². The molecule has 1 unspecified atom stereocenters. The molecule has 0 spiro atoms. The third-order valence-electron chi connectivity index (χ3n) is 4.17. The van der Waals surface area contributed by atoms with Gasteiger partial charge in [-0.3, -0.25) is 9.78 Å². The highest BCUT2D eigenvalue weighted by Gasteiger charge is 2.17. The van der Waals surface area contributed by atoms with Gasteiger partial charge in [0.05, 0.1) is 25.6 Å². The number of rotatable bonds is 7. The molecule has 0 saturated heterocycles. The predicted molar refractivity (Wildman–Crippen MR) is 103 cm³/mol. The van der Waals surface area contributed by atoms with Gasteiger partial charge in [-0.15, -0.1) is 0 Å². The van der Waals surface area contributed by atoms with Crippen LogP contribution in [0.5, 0.6) is 5.75 Å². The van der Waals surface area contributed by atoms with Crippen molar-refractivity contribution in [2.75, 3.05) is 19.0 Å². The van der Waals surface area contributed by atoms with E-state index >= 15 is 0 Å². The number of ether oxygens (including phenoxy) is 1. The minimum Gasteiger partial charge on any atom is -0.495 e. The highest BCUT2D eigenvalue weighted by molar-refractivity contribution is 6.03. The van der Waals surface area contributed by atoms with Crippen LogP contribution >= 0.6 is 0 Å². The van der Waals surface area contributed by atoms with Crippen molar-refractivity contribution in [2.24, 2.45) is 0 Å². The SMILES string of the molecule is COc1cc(C(=O)Nc2cn(Cc3cccc(C)c3)cn2)cnc1C(O)CO. The van der Waals surface area contributed by atoms with E-state index in [1.165, 1.54) is 24.9 Å². The summed E-state index contributed by atoms with van der Waals surface area (Å²) < 4.78 is 7.04. The van der Waals surface area contributed by atoms with Crippen LogP contribution in [0.3, 0.4) is 0 Å². The Bertz CT molecular complexity index is 970. The molecule has 1 aromatic carbocycles. The van der Waals surface area contributed by atoms with E-state index in [2.05, 4.69) is 21.4 Å². The lowest BCUT2D eigenvalue weighted by molar-refractivity contribution is 0.0896. The molecule has 0 aliphatic heterocycles. The molecule has 3 aromatic rings. The Morgan fingerprint density at radius 2 is 2.14 bits per heavy atom. The summed E-state index contributed by atoms with van der Waals surface area (Å²) in [4.78, 5) is 20.7. The standard InChI is InChI=1S/C20H22N4O4/c1-13-4-3-5-14(6-13)9-24-10-18(22-12-24)23-20(27)15-7-17(28-2)19(21-8-15)16(26)11-25/h3-8,10,12,16,25-26H,9,11H2,1-2H3,(H,23,27). The van der Waals surface area contributed by atoms with Gasteiger partial charge in [-0.1, -0.05) is 29.8 Å². The molecule has 3 N–H and O–H groups in total. The number of nitrogens with zero attached hydrogens (tertiary/aromatic N) is 3. The van der Waals surface area contributed by atoms with Gasteiger partial charge in [-0.05, 0) is 18.6 Å². The Morgan fingerprint density at radius 1 is 1.32 bits per heavy atom. The fourth-order valence-electron chi connectivity index (χ4n) is 2.80. The molecule has 0 bridgehead atoms. The summed E-state index contributed by atoms with van der Waals surface area (Å²) in [6.07, 6.45) is 3.53. The number of hydrogen-bond donors (Lipinski definition) is 3. The zero-order valence-corrected chi connectivity index (χ0v) is 15.7. The van der Waals surface area contributed by atoms with E-state index in [1.807, 2.05) is 29.7 Å². The van der Waals surface area contributed by atoms with Crippen LogP contribution in [-0.2, 0) is 6.54 Å². The van der Waals surface area contributed by atoms with Crippen molar-refractivity contribution >= 4 is 11.7 Å². The summed E-state index contributed by atoms with van der Waals surface area (Å²) >= 11 is 0. The number of aromatic nitrogens is 3. The molecule has 0 aliphatic rings. The second kappa shape index (κ2) is 8.64. The van der Waals surface area contributed by atoms with Crippen molar-refractivity contribution in [2.45, 2.75) is 19.6 Å². The predicted octanol–water partition coefficient (Wildman–Crippen LogP) is 1.92. The smallest absolute Gasteiger partial charge is 0.258 e. The largest absolute Gasteiger partial charge is 0.495 e. The molecule has 3 rings (SSSR count). The normalized spacial score (nSPS) is 11.9. The number of benzene rings is 1. The van der Waals surface area contributed by atoms with E-state index in [0.29, 0.717) is 12.4 Å². The number of carbonyl (C=O) groups excluding carboxylic acids is 1. The van der Waals surface area contributed by atoms with E-state index < -0.39 is 18.6 Å². The molecule has 1 atom stereocenters. The summed E-state index contributed by atoms with van der Waals surface area (Å²) in [7, 11) is 1.40. The summed E-state index contributed by atoms with van der Waals surface area (Å²) in [5.74, 6) is 0.229. The first kappa shape index (κ1) is 19.5. The lowest BCUT2D eigenvalue weighted by Gasteiger charge is -2.12. The van der Waals surface area contributed by atoms with Crippen LogP contribution in [-0.4, -0.2) is 44.4 Å². The first-order valence-corrected chi connectivity index (χ1v) is 8.71. The van der Waals surface area contributed by atoms with Crippen LogP contribution in [0.2, 0.25) is 0 Å². The second-order valence-electron chi connectivity index (χ2n) is 6.38. The van der Waals surface area contributed by atoms with Gasteiger partial charge in [-0.25, -0.2) is 4.98 Å². The first-order valence-electron chi connectivity index (χ1n) is 8.71. The van der Waals surface area contributed by atoms with Gasteiger partial charge < -0.3 is 24.8 Å². The van der Waals surface area contributed by atoms with Crippen molar-refractivity contribution in [1.29, 1.82) is 0 Å². The van der Waals surface area contributed by atoms with Crippen LogP contribution in [0.4, 0.5) is 5.82 Å². The zero-order chi connectivity index (χ0) is 20.1. The molecule has 0 aliphatic carbocycles. The molecule has 2 aromatic heterocycles. The van der Waals surface area contributed by atoms with Crippen molar-refractivity contribution in [3.63, 3.8) is 0 Å². The minimum absolute atomic E-state index is 0.170. The number of carbonyl (C=O) groups is 1. The molecule has 0 saturated carbocycles. The Kier molecular flexibility index (Phi) is 6.03. The van der Waals surface area contributed by atoms with Gasteiger partial charge in [0.2, 0.25) is 0 Å². The number of methoxy groups -OCH3 is 1. The molecule has 28 heavy (non-hydrogen) atoms. The molecule has 8 nitrogen and oxygen atoms in total. The number of aliphatic hydroxyl groups excluding tert-OH is 2. The quantitative estimate of drug-likeness (QED) is 0.576. The number of pyridine rings is 1. The van der Waals surface area contributed by atoms with E-state index in [1.54, 1.807) is 12.5 Å². The third-order valence-corrected chi connectivity index (χ3v) is 4.17. The fraction of sp³-hybridized carbons (Fsp3) is 0.250. The molecule has 2 heterocycles. The fourth-order valence-corrected chi connectivity index (χ4v) is 2.80. The number of aryl methyl sites for hydroxylation is 1. The topological polar surface area (TPSA) is 110 Å². The Balaban J connectivity index is 1.70. The monoisotopic (exact) mass is 382 g/mol. The lowest BCUT2D eigenvalue weighted by atomic mass is 10.1. The maximum absolute atomic E-state index is 12.5. The van der Waals surface area contributed by atoms with Crippen molar-refractivity contribution in [1.82, 2.24) is 14.5 Å². The van der Waals surface area contributed by atoms with Crippen LogP contribution in [0.15, 0.2) is 49.1 Å². The van der Waals surface area contributed by atoms with Gasteiger partial charge in [0.15, 0.2) is 5.82 Å². The maximum atomic E-state index is 12.5. The Hall–Kier alpha value is -3.23. The van der Waals surface area contributed by atoms with Gasteiger partial charge in [-0.2, -0.15) is 0 Å². The molecule has 0 fully saturated rings. The highest BCUT2D eigenvalue weighted by Crippen LogP contribution is 2.24. The molecule has 8 heteroatoms. The van der Waals surface area contributed by atoms with Crippen LogP contribution in [0.25, 0.3) is 0 Å². The third kappa shape index (κ3) is 4.54. The number of anilines is 1. The average Bonchev–Trinajstić information content (AvgIpc) is 3.13. The van der Waals surface area contributed by atoms with Gasteiger partial charge in [0.25, 0.3) is 5.91 Å². The van der Waals surface area contributed by atoms with Crippen molar-refractivity contribution in [3.8, 4) is 5.75 Å². The number of aliphatic hydroxyl groups is 2.